The van der Waals surface area contributed by atoms with Crippen molar-refractivity contribution in [3.63, 3.8) is 0 Å². The number of hydrogen-bond acceptors (Lipinski definition) is 6. The number of morpholine rings is 1. The number of nitrogens with one attached hydrogen (secondary N) is 1. The summed E-state index contributed by atoms with van der Waals surface area (Å²) in [4.78, 5) is 34.0. The predicted octanol–water partition coefficient (Wildman–Crippen LogP) is 3.27. The van der Waals surface area contributed by atoms with Crippen LogP contribution in [0.5, 0.6) is 0 Å². The molecule has 0 spiro atoms. The van der Waals surface area contributed by atoms with Gasteiger partial charge in [-0.2, -0.15) is 0 Å². The number of ketones is 1. The van der Waals surface area contributed by atoms with E-state index in [0.29, 0.717) is 45.4 Å². The number of rotatable bonds is 2. The summed E-state index contributed by atoms with van der Waals surface area (Å²) in [6, 6.07) is 10.1. The van der Waals surface area contributed by atoms with Gasteiger partial charge >= 0.3 is 0 Å². The first kappa shape index (κ1) is 19.1. The summed E-state index contributed by atoms with van der Waals surface area (Å²) in [6.45, 7) is 3.57. The van der Waals surface area contributed by atoms with E-state index in [9.17, 15) is 9.59 Å². The van der Waals surface area contributed by atoms with Gasteiger partial charge in [-0.3, -0.25) is 9.59 Å². The summed E-state index contributed by atoms with van der Waals surface area (Å²) in [5.41, 5.74) is 3.83. The van der Waals surface area contributed by atoms with Crippen molar-refractivity contribution in [2.75, 3.05) is 41.4 Å². The van der Waals surface area contributed by atoms with Crippen LogP contribution in [0.15, 0.2) is 36.5 Å². The number of anilines is 4. The lowest BCUT2D eigenvalue weighted by Gasteiger charge is -2.32. The lowest BCUT2D eigenvalue weighted by atomic mass is 9.87. The van der Waals surface area contributed by atoms with Crippen LogP contribution >= 0.6 is 0 Å². The molecule has 2 fully saturated rings. The highest BCUT2D eigenvalue weighted by molar-refractivity contribution is 6.01. The first-order chi connectivity index (χ1) is 14.7. The summed E-state index contributed by atoms with van der Waals surface area (Å²) >= 11 is 0. The van der Waals surface area contributed by atoms with Gasteiger partial charge < -0.3 is 19.9 Å². The Morgan fingerprint density at radius 3 is 2.73 bits per heavy atom. The molecule has 3 heterocycles. The minimum absolute atomic E-state index is 0.0985. The molecule has 0 radical (unpaired) electrons. The number of carbonyl (C=O) groups excluding carboxylic acids is 2. The Hall–Kier alpha value is -2.93. The Bertz CT molecular complexity index is 961. The van der Waals surface area contributed by atoms with Crippen LogP contribution in [-0.4, -0.2) is 43.0 Å². The van der Waals surface area contributed by atoms with Gasteiger partial charge in [0.15, 0.2) is 0 Å². The predicted molar refractivity (Wildman–Crippen MR) is 115 cm³/mol. The largest absolute Gasteiger partial charge is 0.378 e. The zero-order valence-corrected chi connectivity index (χ0v) is 17.0. The summed E-state index contributed by atoms with van der Waals surface area (Å²) in [7, 11) is 0. The van der Waals surface area contributed by atoms with Gasteiger partial charge in [-0.1, -0.05) is 6.07 Å². The number of amides is 1. The van der Waals surface area contributed by atoms with Gasteiger partial charge in [-0.05, 0) is 37.1 Å². The van der Waals surface area contributed by atoms with Crippen molar-refractivity contribution >= 4 is 34.6 Å². The normalized spacial score (nSPS) is 19.5. The van der Waals surface area contributed by atoms with E-state index < -0.39 is 0 Å². The molecule has 1 aromatic heterocycles. The maximum atomic E-state index is 13.6. The van der Waals surface area contributed by atoms with Crippen molar-refractivity contribution in [2.45, 2.75) is 32.2 Å². The van der Waals surface area contributed by atoms with Gasteiger partial charge in [0.2, 0.25) is 5.91 Å². The molecule has 1 N–H and O–H groups in total. The fourth-order valence-corrected chi connectivity index (χ4v) is 4.53. The van der Waals surface area contributed by atoms with E-state index in [0.717, 1.165) is 41.5 Å². The summed E-state index contributed by atoms with van der Waals surface area (Å²) in [5, 5.41) is 3.43. The Kier molecular flexibility index (Phi) is 5.12. The summed E-state index contributed by atoms with van der Waals surface area (Å²) in [6.07, 6.45) is 4.04. The number of Topliss-reactive ketones (excluding diaryl/α,β-unsaturated/α-hetero) is 1. The highest BCUT2D eigenvalue weighted by atomic mass is 16.5. The highest BCUT2D eigenvalue weighted by Gasteiger charge is 2.32. The van der Waals surface area contributed by atoms with Gasteiger partial charge in [0.1, 0.15) is 11.6 Å². The zero-order valence-electron chi connectivity index (χ0n) is 17.0. The molecule has 1 aliphatic carbocycles. The molecule has 5 rings (SSSR count). The van der Waals surface area contributed by atoms with Crippen molar-refractivity contribution in [1.82, 2.24) is 4.98 Å². The van der Waals surface area contributed by atoms with Crippen LogP contribution in [0.4, 0.5) is 22.9 Å². The minimum atomic E-state index is -0.110. The van der Waals surface area contributed by atoms with Gasteiger partial charge in [0.25, 0.3) is 0 Å². The van der Waals surface area contributed by atoms with Gasteiger partial charge in [-0.15, -0.1) is 0 Å². The molecule has 0 bridgehead atoms. The number of pyridine rings is 1. The Balaban J connectivity index is 1.52. The first-order valence-corrected chi connectivity index (χ1v) is 10.7. The highest BCUT2D eigenvalue weighted by Crippen LogP contribution is 2.39. The maximum Gasteiger partial charge on any atom is 0.230 e. The minimum Gasteiger partial charge on any atom is -0.378 e. The number of nitrogens with zero attached hydrogens (tertiary/aromatic N) is 3. The molecule has 1 saturated carbocycles. The van der Waals surface area contributed by atoms with Crippen LogP contribution in [0.3, 0.4) is 0 Å². The SMILES string of the molecule is O=C1CCC(C(=O)N2Cc3cccnc3Nc3ccc(N4CCOCC4)cc32)CC1. The topological polar surface area (TPSA) is 74.8 Å². The Labute approximate surface area is 176 Å². The molecule has 1 aromatic carbocycles. The van der Waals surface area contributed by atoms with E-state index in [1.807, 2.05) is 23.1 Å². The van der Waals surface area contributed by atoms with E-state index in [-0.39, 0.29) is 17.6 Å². The van der Waals surface area contributed by atoms with Crippen LogP contribution in [0.1, 0.15) is 31.2 Å². The number of ether oxygens (including phenoxy) is 1. The second-order valence-corrected chi connectivity index (χ2v) is 8.17. The van der Waals surface area contributed by atoms with E-state index in [1.165, 1.54) is 0 Å². The molecule has 1 amide bonds. The van der Waals surface area contributed by atoms with Crippen molar-refractivity contribution in [3.05, 3.63) is 42.1 Å². The summed E-state index contributed by atoms with van der Waals surface area (Å²) < 4.78 is 5.49. The quantitative estimate of drug-likeness (QED) is 0.825. The lowest BCUT2D eigenvalue weighted by Crippen LogP contribution is -2.38. The van der Waals surface area contributed by atoms with E-state index >= 15 is 0 Å². The third kappa shape index (κ3) is 3.65. The smallest absolute Gasteiger partial charge is 0.230 e. The van der Waals surface area contributed by atoms with Crippen molar-refractivity contribution in [3.8, 4) is 0 Å². The third-order valence-electron chi connectivity index (χ3n) is 6.28. The average Bonchev–Trinajstić information content (AvgIpc) is 2.96. The number of aromatic nitrogens is 1. The molecular weight excluding hydrogens is 380 g/mol. The molecule has 0 atom stereocenters. The molecule has 2 aliphatic heterocycles. The standard InChI is InChI=1S/C23H26N4O3/c28-19-6-3-16(4-7-19)23(29)27-15-17-2-1-9-24-22(17)25-20-8-5-18(14-21(20)27)26-10-12-30-13-11-26/h1-2,5,8-9,14,16H,3-4,6-7,10-13,15H2,(H,24,25). The van der Waals surface area contributed by atoms with Crippen LogP contribution < -0.4 is 15.1 Å². The molecule has 2 aromatic rings. The molecule has 1 saturated heterocycles. The molecule has 7 nitrogen and oxygen atoms in total. The van der Waals surface area contributed by atoms with Gasteiger partial charge in [-0.25, -0.2) is 4.98 Å². The third-order valence-corrected chi connectivity index (χ3v) is 6.28. The molecule has 3 aliphatic rings. The van der Waals surface area contributed by atoms with Crippen molar-refractivity contribution in [1.29, 1.82) is 0 Å². The zero-order chi connectivity index (χ0) is 20.5. The number of fused-ring (bicyclic) bond motifs is 2. The second kappa shape index (κ2) is 8.07. The monoisotopic (exact) mass is 406 g/mol. The Morgan fingerprint density at radius 1 is 1.13 bits per heavy atom. The second-order valence-electron chi connectivity index (χ2n) is 8.17. The van der Waals surface area contributed by atoms with Crippen molar-refractivity contribution in [2.24, 2.45) is 5.92 Å². The van der Waals surface area contributed by atoms with Crippen LogP contribution in [0, 0.1) is 5.92 Å². The molecule has 0 unspecified atom stereocenters. The molecule has 30 heavy (non-hydrogen) atoms. The van der Waals surface area contributed by atoms with E-state index in [4.69, 9.17) is 4.74 Å². The van der Waals surface area contributed by atoms with Gasteiger partial charge in [0, 0.05) is 49.3 Å². The van der Waals surface area contributed by atoms with Gasteiger partial charge in [0.05, 0.1) is 31.1 Å². The van der Waals surface area contributed by atoms with Crippen LogP contribution in [-0.2, 0) is 20.9 Å². The maximum absolute atomic E-state index is 13.6. The average molecular weight is 406 g/mol. The fraction of sp³-hybridized carbons (Fsp3) is 0.435. The fourth-order valence-electron chi connectivity index (χ4n) is 4.53. The van der Waals surface area contributed by atoms with Crippen LogP contribution in [0.2, 0.25) is 0 Å². The molecule has 7 heteroatoms. The van der Waals surface area contributed by atoms with Crippen LogP contribution in [0.25, 0.3) is 0 Å². The number of hydrogen-bond donors (Lipinski definition) is 1. The van der Waals surface area contributed by atoms with Crippen molar-refractivity contribution < 1.29 is 14.3 Å². The summed E-state index contributed by atoms with van der Waals surface area (Å²) in [5.74, 6) is 1.04. The molecule has 156 valence electrons. The van der Waals surface area contributed by atoms with E-state index in [2.05, 4.69) is 27.3 Å². The first-order valence-electron chi connectivity index (χ1n) is 10.7. The number of benzene rings is 1. The molecular formula is C23H26N4O3. The lowest BCUT2D eigenvalue weighted by molar-refractivity contribution is -0.126. The van der Waals surface area contributed by atoms with E-state index in [1.54, 1.807) is 6.20 Å². The Morgan fingerprint density at radius 2 is 1.93 bits per heavy atom. The number of carbonyl (C=O) groups is 2.